The zero-order valence-electron chi connectivity index (χ0n) is 14.9. The largest absolute Gasteiger partial charge is 0.493 e. The van der Waals surface area contributed by atoms with Gasteiger partial charge in [-0.3, -0.25) is 4.90 Å². The molecule has 2 aliphatic heterocycles. The van der Waals surface area contributed by atoms with Crippen LogP contribution in [0.2, 0.25) is 0 Å². The molecule has 2 aliphatic rings. The lowest BCUT2D eigenvalue weighted by molar-refractivity contribution is 0.147. The smallest absolute Gasteiger partial charge is 0.161 e. The summed E-state index contributed by atoms with van der Waals surface area (Å²) in [5.74, 6) is 1.94. The molecule has 1 saturated heterocycles. The van der Waals surface area contributed by atoms with Gasteiger partial charge in [-0.1, -0.05) is 24.9 Å². The van der Waals surface area contributed by atoms with Crippen LogP contribution >= 0.6 is 0 Å². The summed E-state index contributed by atoms with van der Waals surface area (Å²) >= 11 is 0. The minimum absolute atomic E-state index is 0.275. The summed E-state index contributed by atoms with van der Waals surface area (Å²) in [6.07, 6.45) is 5.30. The van der Waals surface area contributed by atoms with Gasteiger partial charge < -0.3 is 14.7 Å². The average Bonchev–Trinajstić information content (AvgIpc) is 2.63. The van der Waals surface area contributed by atoms with E-state index in [9.17, 15) is 5.21 Å². The molecule has 1 aromatic rings. The number of fused-ring (bicyclic) bond motifs is 3. The molecule has 1 N–H and O–H groups in total. The molecule has 24 heavy (non-hydrogen) atoms. The van der Waals surface area contributed by atoms with Gasteiger partial charge in [0.1, 0.15) is 0 Å². The summed E-state index contributed by atoms with van der Waals surface area (Å²) in [7, 11) is 3.35. The predicted octanol–water partition coefficient (Wildman–Crippen LogP) is 3.64. The number of piperidine rings is 1. The molecular formula is C19H28N2O3. The van der Waals surface area contributed by atoms with Crippen LogP contribution < -0.4 is 9.47 Å². The summed E-state index contributed by atoms with van der Waals surface area (Å²) in [6, 6.07) is 4.48. The summed E-state index contributed by atoms with van der Waals surface area (Å²) in [5.41, 5.74) is 3.56. The van der Waals surface area contributed by atoms with E-state index in [0.717, 1.165) is 49.6 Å². The third-order valence-electron chi connectivity index (χ3n) is 5.48. The van der Waals surface area contributed by atoms with Crippen molar-refractivity contribution < 1.29 is 14.7 Å². The molecule has 2 atom stereocenters. The highest BCUT2D eigenvalue weighted by molar-refractivity contribution is 5.88. The lowest BCUT2D eigenvalue weighted by Gasteiger charge is -2.44. The fourth-order valence-electron chi connectivity index (χ4n) is 4.12. The summed E-state index contributed by atoms with van der Waals surface area (Å²) < 4.78 is 10.9. The van der Waals surface area contributed by atoms with Gasteiger partial charge in [0.15, 0.2) is 11.5 Å². The number of nitrogens with zero attached hydrogens (tertiary/aromatic N) is 2. The molecular weight excluding hydrogens is 304 g/mol. The molecule has 1 fully saturated rings. The number of ether oxygens (including phenoxy) is 2. The van der Waals surface area contributed by atoms with Crippen LogP contribution in [0.3, 0.4) is 0 Å². The number of unbranched alkanes of at least 4 members (excludes halogenated alkanes) is 1. The van der Waals surface area contributed by atoms with Crippen molar-refractivity contribution in [3.8, 4) is 11.5 Å². The zero-order chi connectivity index (χ0) is 17.1. The molecule has 0 saturated carbocycles. The maximum Gasteiger partial charge on any atom is 0.161 e. The number of oxime groups is 1. The molecule has 132 valence electrons. The van der Waals surface area contributed by atoms with Crippen LogP contribution in [0.15, 0.2) is 17.3 Å². The van der Waals surface area contributed by atoms with Crippen molar-refractivity contribution in [2.24, 2.45) is 11.1 Å². The molecule has 1 unspecified atom stereocenters. The highest BCUT2D eigenvalue weighted by atomic mass is 16.5. The van der Waals surface area contributed by atoms with Gasteiger partial charge in [0.25, 0.3) is 0 Å². The third-order valence-corrected chi connectivity index (χ3v) is 5.48. The second-order valence-corrected chi connectivity index (χ2v) is 6.80. The summed E-state index contributed by atoms with van der Waals surface area (Å²) in [6.45, 7) is 4.24. The van der Waals surface area contributed by atoms with Crippen LogP contribution in [0.1, 0.15) is 49.8 Å². The van der Waals surface area contributed by atoms with E-state index >= 15 is 0 Å². The molecule has 0 radical (unpaired) electrons. The Balaban J connectivity index is 1.89. The van der Waals surface area contributed by atoms with Crippen molar-refractivity contribution in [3.05, 3.63) is 23.3 Å². The first-order valence-electron chi connectivity index (χ1n) is 8.91. The van der Waals surface area contributed by atoms with Crippen LogP contribution in [0.5, 0.6) is 11.5 Å². The van der Waals surface area contributed by atoms with Crippen molar-refractivity contribution in [2.75, 3.05) is 27.3 Å². The van der Waals surface area contributed by atoms with E-state index in [1.165, 1.54) is 24.0 Å². The Labute approximate surface area is 144 Å². The third kappa shape index (κ3) is 3.09. The normalized spacial score (nSPS) is 25.2. The fraction of sp³-hybridized carbons (Fsp3) is 0.632. The van der Waals surface area contributed by atoms with Crippen LogP contribution in [-0.2, 0) is 6.42 Å². The van der Waals surface area contributed by atoms with Crippen LogP contribution in [0.4, 0.5) is 0 Å². The van der Waals surface area contributed by atoms with Gasteiger partial charge in [0.05, 0.1) is 19.9 Å². The van der Waals surface area contributed by atoms with E-state index in [1.807, 2.05) is 0 Å². The van der Waals surface area contributed by atoms with Gasteiger partial charge in [0, 0.05) is 31.5 Å². The van der Waals surface area contributed by atoms with Gasteiger partial charge >= 0.3 is 0 Å². The fourth-order valence-corrected chi connectivity index (χ4v) is 4.12. The van der Waals surface area contributed by atoms with Crippen molar-refractivity contribution in [1.82, 2.24) is 4.90 Å². The first-order chi connectivity index (χ1) is 11.7. The highest BCUT2D eigenvalue weighted by Crippen LogP contribution is 2.42. The number of rotatable bonds is 5. The second-order valence-electron chi connectivity index (χ2n) is 6.80. The topological polar surface area (TPSA) is 54.3 Å². The summed E-state index contributed by atoms with van der Waals surface area (Å²) in [5, 5.41) is 13.2. The van der Waals surface area contributed by atoms with E-state index in [1.54, 1.807) is 14.2 Å². The molecule has 0 aliphatic carbocycles. The minimum atomic E-state index is 0.275. The molecule has 0 aromatic heterocycles. The number of methoxy groups -OCH3 is 2. The second kappa shape index (κ2) is 7.43. The maximum absolute atomic E-state index is 9.51. The van der Waals surface area contributed by atoms with Crippen molar-refractivity contribution >= 4 is 5.71 Å². The van der Waals surface area contributed by atoms with E-state index in [4.69, 9.17) is 9.47 Å². The standard InChI is InChI=1S/C19H28N2O3/c1-4-5-6-14-12-21-8-7-13-9-18(23-2)19(24-3)10-15(13)17(21)11-16(14)20-22/h9-10,14,17,22H,4-8,11-12H2,1-3H3/t14-,17?/m1/s1. The Kier molecular flexibility index (Phi) is 5.29. The van der Waals surface area contributed by atoms with Crippen LogP contribution in [-0.4, -0.2) is 43.1 Å². The van der Waals surface area contributed by atoms with Crippen molar-refractivity contribution in [2.45, 2.75) is 45.1 Å². The number of hydrogen-bond donors (Lipinski definition) is 1. The van der Waals surface area contributed by atoms with Crippen molar-refractivity contribution in [1.29, 1.82) is 0 Å². The van der Waals surface area contributed by atoms with Gasteiger partial charge in [-0.15, -0.1) is 0 Å². The molecule has 0 bridgehead atoms. The van der Waals surface area contributed by atoms with E-state index in [0.29, 0.717) is 5.92 Å². The average molecular weight is 332 g/mol. The zero-order valence-corrected chi connectivity index (χ0v) is 14.9. The highest BCUT2D eigenvalue weighted by Gasteiger charge is 2.37. The van der Waals surface area contributed by atoms with Crippen LogP contribution in [0, 0.1) is 5.92 Å². The number of hydrogen-bond acceptors (Lipinski definition) is 5. The van der Waals surface area contributed by atoms with Gasteiger partial charge in [-0.2, -0.15) is 0 Å². The first kappa shape index (κ1) is 17.1. The first-order valence-corrected chi connectivity index (χ1v) is 8.91. The lowest BCUT2D eigenvalue weighted by Crippen LogP contribution is -2.46. The molecule has 0 spiro atoms. The quantitative estimate of drug-likeness (QED) is 0.661. The Morgan fingerprint density at radius 1 is 1.25 bits per heavy atom. The van der Waals surface area contributed by atoms with Crippen LogP contribution in [0.25, 0.3) is 0 Å². The molecule has 5 heteroatoms. The Morgan fingerprint density at radius 2 is 2.00 bits per heavy atom. The van der Waals surface area contributed by atoms with E-state index < -0.39 is 0 Å². The van der Waals surface area contributed by atoms with Crippen molar-refractivity contribution in [3.63, 3.8) is 0 Å². The van der Waals surface area contributed by atoms with E-state index in [-0.39, 0.29) is 6.04 Å². The SMILES string of the molecule is CCCC[C@@H]1CN2CCc3cc(OC)c(OC)cc3C2CC1=NO. The predicted molar refractivity (Wildman–Crippen MR) is 94.4 cm³/mol. The lowest BCUT2D eigenvalue weighted by atomic mass is 9.80. The summed E-state index contributed by atoms with van der Waals surface area (Å²) in [4.78, 5) is 2.54. The molecule has 3 rings (SSSR count). The number of benzene rings is 1. The molecule has 2 heterocycles. The van der Waals surface area contributed by atoms with E-state index in [2.05, 4.69) is 29.1 Å². The van der Waals surface area contributed by atoms with Gasteiger partial charge in [0.2, 0.25) is 0 Å². The minimum Gasteiger partial charge on any atom is -0.493 e. The Bertz CT molecular complexity index is 615. The monoisotopic (exact) mass is 332 g/mol. The Morgan fingerprint density at radius 3 is 2.67 bits per heavy atom. The molecule has 0 amide bonds. The maximum atomic E-state index is 9.51. The molecule has 5 nitrogen and oxygen atoms in total. The van der Waals surface area contributed by atoms with Gasteiger partial charge in [-0.05, 0) is 36.1 Å². The Hall–Kier alpha value is -1.75. The molecule has 1 aromatic carbocycles. The van der Waals surface area contributed by atoms with Gasteiger partial charge in [-0.25, -0.2) is 0 Å².